The summed E-state index contributed by atoms with van der Waals surface area (Å²) in [6.07, 6.45) is 0. The highest BCUT2D eigenvalue weighted by atomic mass is 32.2. The molecule has 2 rings (SSSR count). The van der Waals surface area contributed by atoms with Crippen molar-refractivity contribution < 1.29 is 9.59 Å². The van der Waals surface area contributed by atoms with E-state index in [1.807, 2.05) is 20.8 Å². The number of anilines is 1. The third-order valence-electron chi connectivity index (χ3n) is 4.30. The summed E-state index contributed by atoms with van der Waals surface area (Å²) in [5.74, 6) is 0.791. The molecule has 0 bridgehead atoms. The van der Waals surface area contributed by atoms with E-state index in [1.165, 1.54) is 11.8 Å². The first-order chi connectivity index (χ1) is 12.7. The predicted molar refractivity (Wildman–Crippen MR) is 112 cm³/mol. The fraction of sp³-hybridized carbons (Fsp3) is 0.476. The molecule has 0 saturated heterocycles. The van der Waals surface area contributed by atoms with E-state index >= 15 is 0 Å². The molecule has 2 aromatic rings. The molecule has 1 amide bonds. The third kappa shape index (κ3) is 5.70. The number of Topliss-reactive ketones (excluding diaryl/α,β-unsaturated/α-hetero) is 1. The smallest absolute Gasteiger partial charge is 0.226 e. The van der Waals surface area contributed by atoms with Crippen LogP contribution in [0.25, 0.3) is 0 Å². The maximum Gasteiger partial charge on any atom is 0.226 e. The van der Waals surface area contributed by atoms with Crippen molar-refractivity contribution in [3.8, 4) is 0 Å². The summed E-state index contributed by atoms with van der Waals surface area (Å²) in [5.41, 5.74) is 3.51. The lowest BCUT2D eigenvalue weighted by Crippen LogP contribution is -2.17. The summed E-state index contributed by atoms with van der Waals surface area (Å²) in [5, 5.41) is 3.73. The Morgan fingerprint density at radius 3 is 2.30 bits per heavy atom. The van der Waals surface area contributed by atoms with Crippen molar-refractivity contribution in [2.45, 2.75) is 53.2 Å². The lowest BCUT2D eigenvalue weighted by molar-refractivity contribution is -0.118. The first-order valence-corrected chi connectivity index (χ1v) is 10.3. The van der Waals surface area contributed by atoms with E-state index in [0.717, 1.165) is 23.1 Å². The second-order valence-corrected chi connectivity index (χ2v) is 8.45. The molecule has 1 aromatic carbocycles. The van der Waals surface area contributed by atoms with Gasteiger partial charge in [-0.1, -0.05) is 39.5 Å². The fourth-order valence-electron chi connectivity index (χ4n) is 2.55. The molecule has 6 heteroatoms. The van der Waals surface area contributed by atoms with Crippen LogP contribution < -0.4 is 5.32 Å². The number of amides is 1. The number of ketones is 1. The van der Waals surface area contributed by atoms with E-state index in [1.54, 1.807) is 24.3 Å². The molecule has 1 heterocycles. The lowest BCUT2D eigenvalue weighted by Gasteiger charge is -2.12. The number of thioether (sulfide) groups is 1. The molecule has 0 aliphatic heterocycles. The van der Waals surface area contributed by atoms with E-state index in [2.05, 4.69) is 35.6 Å². The molecule has 5 nitrogen and oxygen atoms in total. The third-order valence-corrected chi connectivity index (χ3v) is 5.28. The molecule has 1 aromatic heterocycles. The molecular weight excluding hydrogens is 358 g/mol. The van der Waals surface area contributed by atoms with Crippen LogP contribution in [0.4, 0.5) is 5.69 Å². The highest BCUT2D eigenvalue weighted by molar-refractivity contribution is 7.99. The second-order valence-electron chi connectivity index (χ2n) is 7.50. The Labute approximate surface area is 166 Å². The van der Waals surface area contributed by atoms with Crippen molar-refractivity contribution in [2.75, 3.05) is 11.1 Å². The largest absolute Gasteiger partial charge is 0.326 e. The zero-order chi connectivity index (χ0) is 20.1. The number of nitrogens with one attached hydrogen (secondary N) is 1. The molecule has 0 fully saturated rings. The van der Waals surface area contributed by atoms with Crippen LogP contribution in [0, 0.1) is 25.7 Å². The van der Waals surface area contributed by atoms with Gasteiger partial charge in [0.2, 0.25) is 5.91 Å². The number of benzene rings is 1. The van der Waals surface area contributed by atoms with Gasteiger partial charge in [-0.05, 0) is 44.0 Å². The van der Waals surface area contributed by atoms with Crippen molar-refractivity contribution >= 4 is 29.1 Å². The number of aromatic nitrogens is 2. The molecule has 27 heavy (non-hydrogen) atoms. The summed E-state index contributed by atoms with van der Waals surface area (Å²) >= 11 is 1.48. The molecule has 0 radical (unpaired) electrons. The van der Waals surface area contributed by atoms with Crippen molar-refractivity contribution in [3.63, 3.8) is 0 Å². The summed E-state index contributed by atoms with van der Waals surface area (Å²) in [6, 6.07) is 7.06. The van der Waals surface area contributed by atoms with Gasteiger partial charge in [0.1, 0.15) is 0 Å². The zero-order valence-electron chi connectivity index (χ0n) is 17.0. The first kappa shape index (κ1) is 21.2. The first-order valence-electron chi connectivity index (χ1n) is 9.29. The molecule has 0 unspecified atom stereocenters. The van der Waals surface area contributed by atoms with Crippen LogP contribution in [0.2, 0.25) is 0 Å². The maximum absolute atomic E-state index is 12.5. The van der Waals surface area contributed by atoms with Crippen LogP contribution in [0.3, 0.4) is 0 Å². The van der Waals surface area contributed by atoms with E-state index < -0.39 is 0 Å². The minimum absolute atomic E-state index is 0.0349. The molecular formula is C21H29N3O2S. The Hall–Kier alpha value is -2.08. The van der Waals surface area contributed by atoms with Crippen molar-refractivity contribution in [1.29, 1.82) is 0 Å². The van der Waals surface area contributed by atoms with Crippen LogP contribution in [0.1, 0.15) is 49.4 Å². The SMILES string of the molecule is Cc1nc(SCC(=O)c2ccc(NC(=O)C(C)C)cc2)n(CC(C)C)c1C. The summed E-state index contributed by atoms with van der Waals surface area (Å²) in [7, 11) is 0. The number of carbonyl (C=O) groups excluding carboxylic acids is 2. The van der Waals surface area contributed by atoms with Gasteiger partial charge >= 0.3 is 0 Å². The number of aryl methyl sites for hydroxylation is 1. The average Bonchev–Trinajstić information content (AvgIpc) is 2.87. The minimum atomic E-state index is -0.0794. The van der Waals surface area contributed by atoms with Crippen LogP contribution in [-0.4, -0.2) is 27.0 Å². The van der Waals surface area contributed by atoms with Gasteiger partial charge in [0, 0.05) is 29.4 Å². The Balaban J connectivity index is 2.02. The summed E-state index contributed by atoms with van der Waals surface area (Å²) in [4.78, 5) is 28.9. The van der Waals surface area contributed by atoms with Crippen LogP contribution in [0.15, 0.2) is 29.4 Å². The maximum atomic E-state index is 12.5. The predicted octanol–water partition coefficient (Wildman–Crippen LogP) is 4.73. The standard InChI is InChI=1S/C21H29N3O2S/c1-13(2)11-24-16(6)15(5)22-21(24)27-12-19(25)17-7-9-18(10-8-17)23-20(26)14(3)4/h7-10,13-14H,11-12H2,1-6H3,(H,23,26). The fourth-order valence-corrected chi connectivity index (χ4v) is 3.55. The van der Waals surface area contributed by atoms with E-state index in [4.69, 9.17) is 0 Å². The van der Waals surface area contributed by atoms with Crippen molar-refractivity contribution in [3.05, 3.63) is 41.2 Å². The van der Waals surface area contributed by atoms with Crippen molar-refractivity contribution in [2.24, 2.45) is 11.8 Å². The van der Waals surface area contributed by atoms with Gasteiger partial charge in [-0.25, -0.2) is 4.98 Å². The van der Waals surface area contributed by atoms with Gasteiger partial charge < -0.3 is 9.88 Å². The molecule has 1 N–H and O–H groups in total. The van der Waals surface area contributed by atoms with Crippen molar-refractivity contribution in [1.82, 2.24) is 9.55 Å². The van der Waals surface area contributed by atoms with Crippen LogP contribution >= 0.6 is 11.8 Å². The van der Waals surface area contributed by atoms with Gasteiger partial charge in [-0.3, -0.25) is 9.59 Å². The molecule has 0 aliphatic carbocycles. The number of rotatable bonds is 8. The van der Waals surface area contributed by atoms with Gasteiger partial charge in [0.15, 0.2) is 10.9 Å². The van der Waals surface area contributed by atoms with Gasteiger partial charge in [-0.2, -0.15) is 0 Å². The summed E-state index contributed by atoms with van der Waals surface area (Å²) in [6.45, 7) is 13.0. The Morgan fingerprint density at radius 1 is 1.11 bits per heavy atom. The van der Waals surface area contributed by atoms with E-state index in [0.29, 0.717) is 22.9 Å². The summed E-state index contributed by atoms with van der Waals surface area (Å²) < 4.78 is 2.20. The highest BCUT2D eigenvalue weighted by Gasteiger charge is 2.15. The average molecular weight is 388 g/mol. The lowest BCUT2D eigenvalue weighted by atomic mass is 10.1. The quantitative estimate of drug-likeness (QED) is 0.525. The number of hydrogen-bond acceptors (Lipinski definition) is 4. The Morgan fingerprint density at radius 2 is 1.74 bits per heavy atom. The normalized spacial score (nSPS) is 11.3. The monoisotopic (exact) mass is 387 g/mol. The van der Waals surface area contributed by atoms with Gasteiger partial charge in [0.25, 0.3) is 0 Å². The topological polar surface area (TPSA) is 64.0 Å². The molecule has 0 aliphatic rings. The van der Waals surface area contributed by atoms with Crippen LogP contribution in [-0.2, 0) is 11.3 Å². The van der Waals surface area contributed by atoms with E-state index in [9.17, 15) is 9.59 Å². The van der Waals surface area contributed by atoms with Gasteiger partial charge in [0.05, 0.1) is 11.4 Å². The minimum Gasteiger partial charge on any atom is -0.326 e. The Bertz CT molecular complexity index is 808. The molecule has 0 spiro atoms. The Kier molecular flexibility index (Phi) is 7.25. The molecule has 0 saturated carbocycles. The number of carbonyl (C=O) groups is 2. The second kappa shape index (κ2) is 9.22. The molecule has 146 valence electrons. The number of nitrogens with zero attached hydrogens (tertiary/aromatic N) is 2. The number of imidazole rings is 1. The number of hydrogen-bond donors (Lipinski definition) is 1. The van der Waals surface area contributed by atoms with E-state index in [-0.39, 0.29) is 17.6 Å². The van der Waals surface area contributed by atoms with Gasteiger partial charge in [-0.15, -0.1) is 0 Å². The molecule has 0 atom stereocenters. The highest BCUT2D eigenvalue weighted by Crippen LogP contribution is 2.23. The zero-order valence-corrected chi connectivity index (χ0v) is 17.8. The van der Waals surface area contributed by atoms with Crippen LogP contribution in [0.5, 0.6) is 0 Å².